The number of esters is 1. The number of hydrogen-bond acceptors (Lipinski definition) is 6. The van der Waals surface area contributed by atoms with Gasteiger partial charge in [-0.2, -0.15) is 5.26 Å². The smallest absolute Gasteiger partial charge is 0.340 e. The van der Waals surface area contributed by atoms with Crippen LogP contribution in [0.25, 0.3) is 0 Å². The van der Waals surface area contributed by atoms with Crippen LogP contribution in [0.4, 0.5) is 17.2 Å². The van der Waals surface area contributed by atoms with Crippen molar-refractivity contribution >= 4 is 23.2 Å². The average molecular weight is 282 g/mol. The summed E-state index contributed by atoms with van der Waals surface area (Å²) in [6.07, 6.45) is 1.39. The Bertz CT molecular complexity index is 707. The van der Waals surface area contributed by atoms with Crippen LogP contribution in [-0.4, -0.2) is 17.6 Å². The van der Waals surface area contributed by atoms with E-state index in [0.717, 1.165) is 0 Å². The predicted octanol–water partition coefficient (Wildman–Crippen LogP) is 2.46. The number of nitrogens with zero attached hydrogens (tertiary/aromatic N) is 2. The van der Waals surface area contributed by atoms with Crippen LogP contribution < -0.4 is 11.1 Å². The predicted molar refractivity (Wildman–Crippen MR) is 79.0 cm³/mol. The Morgan fingerprint density at radius 3 is 3.00 bits per heavy atom. The van der Waals surface area contributed by atoms with E-state index in [1.54, 1.807) is 31.2 Å². The maximum atomic E-state index is 11.8. The zero-order chi connectivity index (χ0) is 15.2. The summed E-state index contributed by atoms with van der Waals surface area (Å²) in [5.74, 6) is -0.0476. The number of hydrogen-bond donors (Lipinski definition) is 2. The molecular weight excluding hydrogens is 268 g/mol. The van der Waals surface area contributed by atoms with Crippen LogP contribution in [0.2, 0.25) is 0 Å². The molecule has 2 rings (SSSR count). The summed E-state index contributed by atoms with van der Waals surface area (Å²) >= 11 is 0. The minimum absolute atomic E-state index is 0.254. The first-order chi connectivity index (χ1) is 10.1. The number of pyridine rings is 1. The molecule has 0 fully saturated rings. The van der Waals surface area contributed by atoms with E-state index in [2.05, 4.69) is 16.4 Å². The molecule has 0 amide bonds. The van der Waals surface area contributed by atoms with Crippen molar-refractivity contribution in [2.75, 3.05) is 17.7 Å². The number of benzene rings is 1. The maximum Gasteiger partial charge on any atom is 0.340 e. The molecule has 0 saturated heterocycles. The van der Waals surface area contributed by atoms with Crippen molar-refractivity contribution in [2.45, 2.75) is 6.92 Å². The number of nitrogens with two attached hydrogens (primary N) is 1. The van der Waals surface area contributed by atoms with Gasteiger partial charge < -0.3 is 15.8 Å². The van der Waals surface area contributed by atoms with Crippen molar-refractivity contribution in [3.63, 3.8) is 0 Å². The van der Waals surface area contributed by atoms with Crippen molar-refractivity contribution in [1.82, 2.24) is 4.98 Å². The average Bonchev–Trinajstić information content (AvgIpc) is 2.49. The van der Waals surface area contributed by atoms with E-state index >= 15 is 0 Å². The maximum absolute atomic E-state index is 11.8. The Kier molecular flexibility index (Phi) is 4.36. The molecule has 6 heteroatoms. The van der Waals surface area contributed by atoms with Crippen LogP contribution in [0.1, 0.15) is 22.8 Å². The molecule has 0 aliphatic rings. The van der Waals surface area contributed by atoms with Gasteiger partial charge in [0.25, 0.3) is 0 Å². The van der Waals surface area contributed by atoms with E-state index in [0.29, 0.717) is 17.1 Å². The van der Waals surface area contributed by atoms with Crippen LogP contribution >= 0.6 is 0 Å². The molecule has 0 atom stereocenters. The van der Waals surface area contributed by atoms with Crippen molar-refractivity contribution in [3.05, 3.63) is 47.7 Å². The molecule has 0 aliphatic carbocycles. The quantitative estimate of drug-likeness (QED) is 0.835. The highest BCUT2D eigenvalue weighted by molar-refractivity contribution is 5.95. The van der Waals surface area contributed by atoms with Gasteiger partial charge in [0, 0.05) is 5.69 Å². The van der Waals surface area contributed by atoms with Gasteiger partial charge in [-0.15, -0.1) is 0 Å². The number of anilines is 3. The van der Waals surface area contributed by atoms with E-state index in [4.69, 9.17) is 15.7 Å². The molecule has 106 valence electrons. The van der Waals surface area contributed by atoms with Crippen molar-refractivity contribution in [3.8, 4) is 6.07 Å². The molecule has 1 aromatic heterocycles. The summed E-state index contributed by atoms with van der Waals surface area (Å²) in [7, 11) is 0. The molecular formula is C15H14N4O2. The lowest BCUT2D eigenvalue weighted by molar-refractivity contribution is 0.0527. The van der Waals surface area contributed by atoms with E-state index in [1.165, 1.54) is 12.3 Å². The molecule has 1 heterocycles. The number of carbonyl (C=O) groups is 1. The molecule has 0 spiro atoms. The first-order valence-corrected chi connectivity index (χ1v) is 6.34. The van der Waals surface area contributed by atoms with Gasteiger partial charge in [0.05, 0.1) is 35.7 Å². The monoisotopic (exact) mass is 282 g/mol. The molecule has 1 aromatic carbocycles. The topological polar surface area (TPSA) is 101 Å². The molecule has 3 N–H and O–H groups in total. The number of rotatable bonds is 4. The number of nitrogen functional groups attached to an aromatic ring is 1. The third-order valence-electron chi connectivity index (χ3n) is 2.69. The Labute approximate surface area is 122 Å². The number of nitriles is 1. The van der Waals surface area contributed by atoms with Gasteiger partial charge in [0.2, 0.25) is 0 Å². The summed E-state index contributed by atoms with van der Waals surface area (Å²) in [5.41, 5.74) is 7.46. The molecule has 0 saturated carbocycles. The van der Waals surface area contributed by atoms with E-state index in [-0.39, 0.29) is 17.9 Å². The molecule has 0 unspecified atom stereocenters. The Balaban J connectivity index is 2.26. The standard InChI is InChI=1S/C15H14N4O2/c1-2-21-15(20)12-7-14(18-9-13(12)17)19-11-5-3-4-10(6-11)8-16/h3-7,9H,2,17H2,1H3,(H,18,19). The van der Waals surface area contributed by atoms with Gasteiger partial charge in [-0.25, -0.2) is 9.78 Å². The highest BCUT2D eigenvalue weighted by atomic mass is 16.5. The number of ether oxygens (including phenoxy) is 1. The lowest BCUT2D eigenvalue weighted by atomic mass is 10.2. The first-order valence-electron chi connectivity index (χ1n) is 6.34. The summed E-state index contributed by atoms with van der Waals surface area (Å²) < 4.78 is 4.93. The number of carbonyl (C=O) groups excluding carboxylic acids is 1. The second kappa shape index (κ2) is 6.39. The second-order valence-electron chi connectivity index (χ2n) is 4.19. The number of nitrogens with one attached hydrogen (secondary N) is 1. The zero-order valence-electron chi connectivity index (χ0n) is 11.5. The third-order valence-corrected chi connectivity index (χ3v) is 2.69. The van der Waals surface area contributed by atoms with Gasteiger partial charge >= 0.3 is 5.97 Å². The summed E-state index contributed by atoms with van der Waals surface area (Å²) in [5, 5.41) is 11.9. The largest absolute Gasteiger partial charge is 0.462 e. The molecule has 0 bridgehead atoms. The van der Waals surface area contributed by atoms with Gasteiger partial charge in [0.1, 0.15) is 5.82 Å². The van der Waals surface area contributed by atoms with Crippen LogP contribution in [0.5, 0.6) is 0 Å². The van der Waals surface area contributed by atoms with Crippen molar-refractivity contribution < 1.29 is 9.53 Å². The van der Waals surface area contributed by atoms with Crippen LogP contribution in [0.15, 0.2) is 36.5 Å². The summed E-state index contributed by atoms with van der Waals surface area (Å²) in [4.78, 5) is 15.9. The Morgan fingerprint density at radius 1 is 1.48 bits per heavy atom. The Morgan fingerprint density at radius 2 is 2.29 bits per heavy atom. The molecule has 21 heavy (non-hydrogen) atoms. The summed E-state index contributed by atoms with van der Waals surface area (Å²) in [6, 6.07) is 10.5. The molecule has 2 aromatic rings. The van der Waals surface area contributed by atoms with Gasteiger partial charge in [-0.05, 0) is 31.2 Å². The molecule has 6 nitrogen and oxygen atoms in total. The highest BCUT2D eigenvalue weighted by Crippen LogP contribution is 2.20. The lowest BCUT2D eigenvalue weighted by Gasteiger charge is -2.09. The normalized spacial score (nSPS) is 9.71. The van der Waals surface area contributed by atoms with E-state index in [9.17, 15) is 4.79 Å². The minimum atomic E-state index is -0.494. The van der Waals surface area contributed by atoms with E-state index in [1.807, 2.05) is 0 Å². The number of aromatic nitrogens is 1. The minimum Gasteiger partial charge on any atom is -0.462 e. The summed E-state index contributed by atoms with van der Waals surface area (Å²) in [6.45, 7) is 2.00. The van der Waals surface area contributed by atoms with Crippen LogP contribution in [0.3, 0.4) is 0 Å². The van der Waals surface area contributed by atoms with Gasteiger partial charge in [-0.3, -0.25) is 0 Å². The second-order valence-corrected chi connectivity index (χ2v) is 4.19. The fraction of sp³-hybridized carbons (Fsp3) is 0.133. The first kappa shape index (κ1) is 14.3. The zero-order valence-corrected chi connectivity index (χ0v) is 11.5. The molecule has 0 radical (unpaired) electrons. The third kappa shape index (κ3) is 3.48. The fourth-order valence-electron chi connectivity index (χ4n) is 1.73. The highest BCUT2D eigenvalue weighted by Gasteiger charge is 2.12. The fourth-order valence-corrected chi connectivity index (χ4v) is 1.73. The lowest BCUT2D eigenvalue weighted by Crippen LogP contribution is -2.09. The van der Waals surface area contributed by atoms with E-state index < -0.39 is 5.97 Å². The Hall–Kier alpha value is -3.07. The van der Waals surface area contributed by atoms with Crippen LogP contribution in [0, 0.1) is 11.3 Å². The van der Waals surface area contributed by atoms with Crippen molar-refractivity contribution in [2.24, 2.45) is 0 Å². The SMILES string of the molecule is CCOC(=O)c1cc(Nc2cccc(C#N)c2)ncc1N. The molecule has 0 aliphatic heterocycles. The van der Waals surface area contributed by atoms with Crippen LogP contribution in [-0.2, 0) is 4.74 Å². The van der Waals surface area contributed by atoms with Gasteiger partial charge in [0.15, 0.2) is 0 Å². The van der Waals surface area contributed by atoms with Crippen molar-refractivity contribution in [1.29, 1.82) is 5.26 Å². The van der Waals surface area contributed by atoms with Gasteiger partial charge in [-0.1, -0.05) is 6.07 Å².